The molecule has 2 aromatic heterocycles. The molecule has 174 valence electrons. The van der Waals surface area contributed by atoms with Crippen LogP contribution in [0.5, 0.6) is 5.75 Å². The minimum Gasteiger partial charge on any atom is -0.497 e. The molecule has 2 heterocycles. The Morgan fingerprint density at radius 1 is 1.06 bits per heavy atom. The summed E-state index contributed by atoms with van der Waals surface area (Å²) in [4.78, 5) is 28.8. The zero-order valence-corrected chi connectivity index (χ0v) is 19.9. The summed E-state index contributed by atoms with van der Waals surface area (Å²) in [6, 6.07) is 13.9. The molecule has 0 saturated heterocycles. The third-order valence-corrected chi connectivity index (χ3v) is 6.36. The molecule has 2 aromatic carbocycles. The molecule has 9 heteroatoms. The lowest BCUT2D eigenvalue weighted by molar-refractivity contribution is 0.0954. The Balaban J connectivity index is 1.46. The smallest absolute Gasteiger partial charge is 0.263 e. The number of anilines is 1. The molecule has 0 aliphatic heterocycles. The van der Waals surface area contributed by atoms with Crippen LogP contribution in [0.3, 0.4) is 0 Å². The number of methoxy groups -OCH3 is 1. The zero-order valence-electron chi connectivity index (χ0n) is 19.1. The van der Waals surface area contributed by atoms with E-state index in [1.54, 1.807) is 38.6 Å². The number of nitrogens with zero attached hydrogens (tertiary/aromatic N) is 4. The molecule has 7 nitrogen and oxygen atoms in total. The van der Waals surface area contributed by atoms with E-state index in [1.807, 2.05) is 36.2 Å². The third-order valence-electron chi connectivity index (χ3n) is 5.18. The van der Waals surface area contributed by atoms with Crippen LogP contribution >= 0.6 is 11.3 Å². The molecule has 0 saturated carbocycles. The molecule has 0 spiro atoms. The second-order valence-corrected chi connectivity index (χ2v) is 8.71. The van der Waals surface area contributed by atoms with Crippen LogP contribution in [0.25, 0.3) is 10.7 Å². The van der Waals surface area contributed by atoms with Crippen molar-refractivity contribution in [2.75, 3.05) is 19.1 Å². The first-order chi connectivity index (χ1) is 16.4. The van der Waals surface area contributed by atoms with Gasteiger partial charge in [-0.3, -0.25) is 9.78 Å². The Morgan fingerprint density at radius 2 is 1.76 bits per heavy atom. The largest absolute Gasteiger partial charge is 0.497 e. The predicted octanol–water partition coefficient (Wildman–Crippen LogP) is 4.62. The predicted molar refractivity (Wildman–Crippen MR) is 131 cm³/mol. The van der Waals surface area contributed by atoms with Crippen molar-refractivity contribution in [2.24, 2.45) is 0 Å². The highest BCUT2D eigenvalue weighted by molar-refractivity contribution is 7.17. The van der Waals surface area contributed by atoms with Crippen LogP contribution in [0.4, 0.5) is 10.2 Å². The number of halogens is 1. The summed E-state index contributed by atoms with van der Waals surface area (Å²) in [5, 5.41) is 3.48. The number of carbonyl (C=O) groups is 1. The van der Waals surface area contributed by atoms with Crippen molar-refractivity contribution in [2.45, 2.75) is 20.0 Å². The van der Waals surface area contributed by atoms with Gasteiger partial charge in [0, 0.05) is 20.1 Å². The van der Waals surface area contributed by atoms with Crippen molar-refractivity contribution >= 4 is 23.1 Å². The molecule has 0 radical (unpaired) electrons. The fourth-order valence-corrected chi connectivity index (χ4v) is 4.25. The van der Waals surface area contributed by atoms with Gasteiger partial charge in [0.25, 0.3) is 5.91 Å². The van der Waals surface area contributed by atoms with E-state index in [0.717, 1.165) is 16.9 Å². The van der Waals surface area contributed by atoms with Crippen LogP contribution in [0.2, 0.25) is 0 Å². The second kappa shape index (κ2) is 10.4. The van der Waals surface area contributed by atoms with Gasteiger partial charge in [-0.05, 0) is 42.3 Å². The fourth-order valence-electron chi connectivity index (χ4n) is 3.31. The molecular formula is C25H24FN5O2S. The van der Waals surface area contributed by atoms with Gasteiger partial charge >= 0.3 is 0 Å². The number of aromatic nitrogens is 3. The second-order valence-electron chi connectivity index (χ2n) is 7.71. The number of hydrogen-bond acceptors (Lipinski definition) is 7. The summed E-state index contributed by atoms with van der Waals surface area (Å²) in [7, 11) is 3.59. The lowest BCUT2D eigenvalue weighted by Crippen LogP contribution is -2.22. The summed E-state index contributed by atoms with van der Waals surface area (Å²) < 4.78 is 18.3. The quantitative estimate of drug-likeness (QED) is 0.399. The number of amides is 1. The molecule has 1 amide bonds. The van der Waals surface area contributed by atoms with Crippen LogP contribution < -0.4 is 15.0 Å². The van der Waals surface area contributed by atoms with Crippen molar-refractivity contribution in [1.29, 1.82) is 0 Å². The molecular weight excluding hydrogens is 453 g/mol. The van der Waals surface area contributed by atoms with E-state index in [-0.39, 0.29) is 11.7 Å². The highest BCUT2D eigenvalue weighted by Gasteiger charge is 2.18. The first-order valence-corrected chi connectivity index (χ1v) is 11.4. The maximum Gasteiger partial charge on any atom is 0.263 e. The van der Waals surface area contributed by atoms with E-state index in [2.05, 4.69) is 15.3 Å². The first kappa shape index (κ1) is 23.3. The monoisotopic (exact) mass is 477 g/mol. The number of hydrogen-bond donors (Lipinski definition) is 1. The summed E-state index contributed by atoms with van der Waals surface area (Å²) in [5.74, 6) is 0.968. The van der Waals surface area contributed by atoms with Crippen molar-refractivity contribution in [3.8, 4) is 16.5 Å². The minimum atomic E-state index is -0.309. The molecule has 0 unspecified atom stereocenters. The standard InChI is InChI=1S/C25H24FN5O2S/c1-16-23(24(32)28-12-17-4-8-19(26)9-5-17)34-25(29-16)21-13-27-14-22(30-21)31(2)15-18-6-10-20(33-3)11-7-18/h4-11,13-14H,12,15H2,1-3H3,(H,28,32). The van der Waals surface area contributed by atoms with E-state index >= 15 is 0 Å². The Labute approximate surface area is 201 Å². The number of thiazole rings is 1. The van der Waals surface area contributed by atoms with Crippen molar-refractivity contribution in [3.05, 3.63) is 88.4 Å². The van der Waals surface area contributed by atoms with Crippen LogP contribution in [-0.2, 0) is 13.1 Å². The molecule has 0 aliphatic rings. The lowest BCUT2D eigenvalue weighted by Gasteiger charge is -2.18. The van der Waals surface area contributed by atoms with Gasteiger partial charge in [-0.15, -0.1) is 11.3 Å². The molecule has 4 rings (SSSR count). The number of aryl methyl sites for hydroxylation is 1. The number of benzene rings is 2. The summed E-state index contributed by atoms with van der Waals surface area (Å²) >= 11 is 1.27. The Kier molecular flexibility index (Phi) is 7.12. The topological polar surface area (TPSA) is 80.2 Å². The van der Waals surface area contributed by atoms with Crippen LogP contribution in [0.1, 0.15) is 26.5 Å². The van der Waals surface area contributed by atoms with E-state index < -0.39 is 0 Å². The van der Waals surface area contributed by atoms with E-state index in [0.29, 0.717) is 40.2 Å². The van der Waals surface area contributed by atoms with Gasteiger partial charge < -0.3 is 15.0 Å². The third kappa shape index (κ3) is 5.55. The average molecular weight is 478 g/mol. The van der Waals surface area contributed by atoms with Gasteiger partial charge in [0.1, 0.15) is 33.0 Å². The van der Waals surface area contributed by atoms with Crippen molar-refractivity contribution in [1.82, 2.24) is 20.3 Å². The highest BCUT2D eigenvalue weighted by Crippen LogP contribution is 2.27. The zero-order chi connectivity index (χ0) is 24.1. The minimum absolute atomic E-state index is 0.230. The number of nitrogens with one attached hydrogen (secondary N) is 1. The normalized spacial score (nSPS) is 10.7. The van der Waals surface area contributed by atoms with Crippen LogP contribution in [0, 0.1) is 12.7 Å². The Bertz CT molecular complexity index is 1280. The lowest BCUT2D eigenvalue weighted by atomic mass is 10.2. The molecule has 0 aliphatic carbocycles. The average Bonchev–Trinajstić information content (AvgIpc) is 3.25. The van der Waals surface area contributed by atoms with E-state index in [1.165, 1.54) is 23.5 Å². The maximum atomic E-state index is 13.1. The Hall–Kier alpha value is -3.85. The summed E-state index contributed by atoms with van der Waals surface area (Å²) in [6.07, 6.45) is 3.34. The first-order valence-electron chi connectivity index (χ1n) is 10.6. The maximum absolute atomic E-state index is 13.1. The fraction of sp³-hybridized carbons (Fsp3) is 0.200. The van der Waals surface area contributed by atoms with Gasteiger partial charge in [-0.25, -0.2) is 14.4 Å². The number of carbonyl (C=O) groups excluding carboxylic acids is 1. The van der Waals surface area contributed by atoms with Gasteiger partial charge in [-0.2, -0.15) is 0 Å². The molecule has 0 bridgehead atoms. The van der Waals surface area contributed by atoms with E-state index in [9.17, 15) is 9.18 Å². The molecule has 1 N–H and O–H groups in total. The molecule has 4 aromatic rings. The van der Waals surface area contributed by atoms with Gasteiger partial charge in [0.05, 0.1) is 25.2 Å². The van der Waals surface area contributed by atoms with Gasteiger partial charge in [0.2, 0.25) is 0 Å². The van der Waals surface area contributed by atoms with Crippen LogP contribution in [-0.4, -0.2) is 35.0 Å². The Morgan fingerprint density at radius 3 is 2.47 bits per heavy atom. The molecule has 0 fully saturated rings. The highest BCUT2D eigenvalue weighted by atomic mass is 32.1. The van der Waals surface area contributed by atoms with E-state index in [4.69, 9.17) is 9.72 Å². The molecule has 34 heavy (non-hydrogen) atoms. The summed E-state index contributed by atoms with van der Waals surface area (Å²) in [6.45, 7) is 2.74. The van der Waals surface area contributed by atoms with Crippen molar-refractivity contribution in [3.63, 3.8) is 0 Å². The van der Waals surface area contributed by atoms with Gasteiger partial charge in [0.15, 0.2) is 0 Å². The van der Waals surface area contributed by atoms with Crippen molar-refractivity contribution < 1.29 is 13.9 Å². The van der Waals surface area contributed by atoms with Gasteiger partial charge in [-0.1, -0.05) is 24.3 Å². The summed E-state index contributed by atoms with van der Waals surface area (Å²) in [5.41, 5.74) is 3.15. The SMILES string of the molecule is COc1ccc(CN(C)c2cncc(-c3nc(C)c(C(=O)NCc4ccc(F)cc4)s3)n2)cc1. The number of ether oxygens (including phenoxy) is 1. The molecule has 0 atom stereocenters. The number of rotatable bonds is 8. The van der Waals surface area contributed by atoms with Crippen LogP contribution in [0.15, 0.2) is 60.9 Å².